The van der Waals surface area contributed by atoms with E-state index in [-0.39, 0.29) is 15.7 Å². The molecule has 0 spiro atoms. The molecule has 0 bridgehead atoms. The molecule has 2 aromatic carbocycles. The molecule has 0 unspecified atom stereocenters. The first-order valence-corrected chi connectivity index (χ1v) is 6.16. The van der Waals surface area contributed by atoms with Crippen LogP contribution >= 0.6 is 15.9 Å². The maximum absolute atomic E-state index is 13.6. The van der Waals surface area contributed by atoms with E-state index in [2.05, 4.69) is 21.2 Å². The smallest absolute Gasteiger partial charge is 0.259 e. The summed E-state index contributed by atoms with van der Waals surface area (Å²) in [4.78, 5) is 11.9. The van der Waals surface area contributed by atoms with Gasteiger partial charge in [-0.25, -0.2) is 8.78 Å². The second-order valence-electron chi connectivity index (χ2n) is 3.87. The molecule has 0 atom stereocenters. The zero-order valence-electron chi connectivity index (χ0n) is 9.82. The number of phenolic OH excluding ortho intramolecular Hbond substituents is 2. The maximum Gasteiger partial charge on any atom is 0.259 e. The van der Waals surface area contributed by atoms with Gasteiger partial charge in [0, 0.05) is 10.5 Å². The van der Waals surface area contributed by atoms with Crippen LogP contribution in [0.25, 0.3) is 0 Å². The average molecular weight is 344 g/mol. The van der Waals surface area contributed by atoms with Gasteiger partial charge in [-0.15, -0.1) is 0 Å². The van der Waals surface area contributed by atoms with E-state index < -0.39 is 29.0 Å². The number of anilines is 1. The van der Waals surface area contributed by atoms with E-state index >= 15 is 0 Å². The molecule has 0 saturated carbocycles. The minimum absolute atomic E-state index is 0.0167. The molecule has 1 amide bonds. The number of aromatic hydroxyl groups is 2. The highest BCUT2D eigenvalue weighted by Crippen LogP contribution is 2.31. The summed E-state index contributed by atoms with van der Waals surface area (Å²) in [5, 5.41) is 21.0. The highest BCUT2D eigenvalue weighted by atomic mass is 79.9. The van der Waals surface area contributed by atoms with Crippen LogP contribution in [0.1, 0.15) is 10.4 Å². The van der Waals surface area contributed by atoms with Crippen LogP contribution in [0, 0.1) is 11.6 Å². The Labute approximate surface area is 120 Å². The summed E-state index contributed by atoms with van der Waals surface area (Å²) in [6.07, 6.45) is 0. The number of para-hydroxylation sites is 1. The zero-order valence-corrected chi connectivity index (χ0v) is 11.4. The number of carbonyl (C=O) groups excluding carboxylic acids is 1. The predicted molar refractivity (Wildman–Crippen MR) is 71.8 cm³/mol. The number of phenols is 2. The van der Waals surface area contributed by atoms with Crippen molar-refractivity contribution in [2.75, 3.05) is 5.32 Å². The number of hydrogen-bond donors (Lipinski definition) is 3. The standard InChI is InChI=1S/C13H8BrF2NO3/c14-8-4-6(15)5-9(16)11(8)17-13(20)7-2-1-3-10(18)12(7)19/h1-5,18-19H,(H,17,20). The number of carbonyl (C=O) groups is 1. The molecule has 104 valence electrons. The first-order chi connectivity index (χ1) is 9.40. The summed E-state index contributed by atoms with van der Waals surface area (Å²) in [6.45, 7) is 0. The molecule has 0 radical (unpaired) electrons. The van der Waals surface area contributed by atoms with Crippen LogP contribution in [0.4, 0.5) is 14.5 Å². The molecule has 0 aliphatic rings. The number of benzene rings is 2. The third-order valence-corrected chi connectivity index (χ3v) is 3.13. The van der Waals surface area contributed by atoms with Crippen molar-refractivity contribution in [2.24, 2.45) is 0 Å². The summed E-state index contributed by atoms with van der Waals surface area (Å²) in [6, 6.07) is 5.39. The van der Waals surface area contributed by atoms with E-state index in [9.17, 15) is 23.8 Å². The maximum atomic E-state index is 13.6. The molecule has 0 aliphatic heterocycles. The lowest BCUT2D eigenvalue weighted by molar-refractivity contribution is 0.102. The van der Waals surface area contributed by atoms with Gasteiger partial charge >= 0.3 is 0 Å². The van der Waals surface area contributed by atoms with Crippen molar-refractivity contribution in [3.8, 4) is 11.5 Å². The molecule has 2 rings (SSSR count). The average Bonchev–Trinajstić information content (AvgIpc) is 2.36. The Hall–Kier alpha value is -2.15. The Morgan fingerprint density at radius 1 is 1.20 bits per heavy atom. The molecule has 2 aromatic rings. The van der Waals surface area contributed by atoms with Gasteiger partial charge in [0.2, 0.25) is 0 Å². The highest BCUT2D eigenvalue weighted by molar-refractivity contribution is 9.10. The van der Waals surface area contributed by atoms with E-state index in [1.54, 1.807) is 0 Å². The molecular formula is C13H8BrF2NO3. The number of amides is 1. The van der Waals surface area contributed by atoms with Crippen LogP contribution < -0.4 is 5.32 Å². The van der Waals surface area contributed by atoms with Gasteiger partial charge in [0.1, 0.15) is 5.82 Å². The van der Waals surface area contributed by atoms with Crippen molar-refractivity contribution in [1.82, 2.24) is 0 Å². The normalized spacial score (nSPS) is 10.3. The predicted octanol–water partition coefficient (Wildman–Crippen LogP) is 3.39. The fourth-order valence-corrected chi connectivity index (χ4v) is 2.06. The Morgan fingerprint density at radius 2 is 1.90 bits per heavy atom. The lowest BCUT2D eigenvalue weighted by Crippen LogP contribution is -2.14. The van der Waals surface area contributed by atoms with E-state index in [0.717, 1.165) is 6.07 Å². The number of hydrogen-bond acceptors (Lipinski definition) is 3. The van der Waals surface area contributed by atoms with Gasteiger partial charge in [0.25, 0.3) is 5.91 Å². The number of rotatable bonds is 2. The van der Waals surface area contributed by atoms with Crippen molar-refractivity contribution < 1.29 is 23.8 Å². The van der Waals surface area contributed by atoms with Gasteiger partial charge in [-0.05, 0) is 34.1 Å². The van der Waals surface area contributed by atoms with Gasteiger partial charge in [-0.2, -0.15) is 0 Å². The van der Waals surface area contributed by atoms with Crippen molar-refractivity contribution in [1.29, 1.82) is 0 Å². The van der Waals surface area contributed by atoms with Crippen LogP contribution in [0.2, 0.25) is 0 Å². The second-order valence-corrected chi connectivity index (χ2v) is 4.73. The van der Waals surface area contributed by atoms with Crippen LogP contribution in [0.3, 0.4) is 0 Å². The quantitative estimate of drug-likeness (QED) is 0.732. The summed E-state index contributed by atoms with van der Waals surface area (Å²) in [7, 11) is 0. The monoisotopic (exact) mass is 343 g/mol. The topological polar surface area (TPSA) is 69.6 Å². The fraction of sp³-hybridized carbons (Fsp3) is 0. The largest absolute Gasteiger partial charge is 0.504 e. The molecule has 0 aromatic heterocycles. The minimum Gasteiger partial charge on any atom is -0.504 e. The van der Waals surface area contributed by atoms with Crippen molar-refractivity contribution >= 4 is 27.5 Å². The van der Waals surface area contributed by atoms with E-state index in [1.807, 2.05) is 0 Å². The summed E-state index contributed by atoms with van der Waals surface area (Å²) in [5.41, 5.74) is -0.500. The van der Waals surface area contributed by atoms with E-state index in [0.29, 0.717) is 6.07 Å². The molecule has 20 heavy (non-hydrogen) atoms. The van der Waals surface area contributed by atoms with Gasteiger partial charge in [0.15, 0.2) is 17.3 Å². The van der Waals surface area contributed by atoms with E-state index in [4.69, 9.17) is 0 Å². The molecule has 0 aliphatic carbocycles. The van der Waals surface area contributed by atoms with Crippen LogP contribution in [0.15, 0.2) is 34.8 Å². The Kier molecular flexibility index (Phi) is 3.89. The highest BCUT2D eigenvalue weighted by Gasteiger charge is 2.17. The first-order valence-electron chi connectivity index (χ1n) is 5.37. The molecule has 7 heteroatoms. The van der Waals surface area contributed by atoms with Crippen LogP contribution in [-0.2, 0) is 0 Å². The van der Waals surface area contributed by atoms with Gasteiger partial charge in [-0.1, -0.05) is 6.07 Å². The minimum atomic E-state index is -0.968. The van der Waals surface area contributed by atoms with Gasteiger partial charge in [-0.3, -0.25) is 4.79 Å². The van der Waals surface area contributed by atoms with Gasteiger partial charge < -0.3 is 15.5 Å². The van der Waals surface area contributed by atoms with Crippen molar-refractivity contribution in [3.05, 3.63) is 52.0 Å². The summed E-state index contributed by atoms with van der Waals surface area (Å²) < 4.78 is 26.5. The SMILES string of the molecule is O=C(Nc1c(F)cc(F)cc1Br)c1cccc(O)c1O. The van der Waals surface area contributed by atoms with Crippen molar-refractivity contribution in [3.63, 3.8) is 0 Å². The second kappa shape index (κ2) is 5.46. The van der Waals surface area contributed by atoms with Crippen LogP contribution in [0.5, 0.6) is 11.5 Å². The molecule has 3 N–H and O–H groups in total. The lowest BCUT2D eigenvalue weighted by Gasteiger charge is -2.10. The molecule has 0 heterocycles. The Morgan fingerprint density at radius 3 is 2.55 bits per heavy atom. The molecular weight excluding hydrogens is 336 g/mol. The van der Waals surface area contributed by atoms with E-state index in [1.165, 1.54) is 18.2 Å². The first kappa shape index (κ1) is 14.3. The third-order valence-electron chi connectivity index (χ3n) is 2.50. The number of nitrogens with one attached hydrogen (secondary N) is 1. The zero-order chi connectivity index (χ0) is 14.9. The molecule has 0 saturated heterocycles. The summed E-state index contributed by atoms with van der Waals surface area (Å²) in [5.74, 6) is -3.71. The van der Waals surface area contributed by atoms with Crippen LogP contribution in [-0.4, -0.2) is 16.1 Å². The fourth-order valence-electron chi connectivity index (χ4n) is 1.56. The lowest BCUT2D eigenvalue weighted by atomic mass is 10.1. The Bertz CT molecular complexity index is 668. The third kappa shape index (κ3) is 2.72. The number of halogens is 3. The molecule has 4 nitrogen and oxygen atoms in total. The Balaban J connectivity index is 2.36. The summed E-state index contributed by atoms with van der Waals surface area (Å²) >= 11 is 2.93. The van der Waals surface area contributed by atoms with Gasteiger partial charge in [0.05, 0.1) is 11.3 Å². The van der Waals surface area contributed by atoms with Crippen molar-refractivity contribution in [2.45, 2.75) is 0 Å². The molecule has 0 fully saturated rings.